The Balaban J connectivity index is 2.28. The Morgan fingerprint density at radius 3 is 2.43 bits per heavy atom. The molecule has 0 saturated heterocycles. The van der Waals surface area contributed by atoms with Gasteiger partial charge in [-0.25, -0.2) is 8.42 Å². The molecule has 1 atom stereocenters. The highest BCUT2D eigenvalue weighted by Gasteiger charge is 2.22. The molecule has 1 N–H and O–H groups in total. The molecule has 1 unspecified atom stereocenters. The highest BCUT2D eigenvalue weighted by Crippen LogP contribution is 2.22. The average Bonchev–Trinajstić information content (AvgIpc) is 2.47. The summed E-state index contributed by atoms with van der Waals surface area (Å²) in [6.07, 6.45) is 0. The van der Waals surface area contributed by atoms with E-state index in [-0.39, 0.29) is 16.7 Å². The van der Waals surface area contributed by atoms with Crippen molar-refractivity contribution in [2.45, 2.75) is 17.9 Å². The summed E-state index contributed by atoms with van der Waals surface area (Å²) in [6, 6.07) is 15.7. The third-order valence-corrected chi connectivity index (χ3v) is 5.17. The smallest absolute Gasteiger partial charge is 0.180 e. The molecule has 0 spiro atoms. The molecular weight excluding hydrogens is 306 g/mol. The third kappa shape index (κ3) is 4.30. The van der Waals surface area contributed by atoms with Gasteiger partial charge in [0.1, 0.15) is 0 Å². The first-order valence-corrected chi connectivity index (χ1v) is 8.82. The zero-order valence-corrected chi connectivity index (χ0v) is 13.4. The Morgan fingerprint density at radius 2 is 1.81 bits per heavy atom. The standard InChI is InChI=1S/C16H18ClNO2S/c1-2-18-16(13-7-4-3-5-8-13)12-21(19,20)15-10-6-9-14(17)11-15/h3-11,16,18H,2,12H2,1H3. The van der Waals surface area contributed by atoms with Crippen LogP contribution < -0.4 is 5.32 Å². The van der Waals surface area contributed by atoms with Crippen LogP contribution in [-0.2, 0) is 9.84 Å². The lowest BCUT2D eigenvalue weighted by molar-refractivity contribution is 0.559. The van der Waals surface area contributed by atoms with E-state index in [0.29, 0.717) is 11.6 Å². The van der Waals surface area contributed by atoms with Gasteiger partial charge in [0.25, 0.3) is 0 Å². The van der Waals surface area contributed by atoms with Crippen molar-refractivity contribution in [2.75, 3.05) is 12.3 Å². The second-order valence-electron chi connectivity index (χ2n) is 4.76. The monoisotopic (exact) mass is 323 g/mol. The summed E-state index contributed by atoms with van der Waals surface area (Å²) in [5.74, 6) is 0.00515. The van der Waals surface area contributed by atoms with Crippen LogP contribution in [0.25, 0.3) is 0 Å². The Hall–Kier alpha value is -1.36. The minimum atomic E-state index is -3.40. The normalized spacial score (nSPS) is 13.0. The topological polar surface area (TPSA) is 46.2 Å². The number of hydrogen-bond acceptors (Lipinski definition) is 3. The minimum absolute atomic E-state index is 0.00515. The molecule has 2 aromatic carbocycles. The quantitative estimate of drug-likeness (QED) is 0.885. The summed E-state index contributed by atoms with van der Waals surface area (Å²) < 4.78 is 25.1. The van der Waals surface area contributed by atoms with Gasteiger partial charge < -0.3 is 5.32 Å². The van der Waals surface area contributed by atoms with Crippen LogP contribution in [0.3, 0.4) is 0 Å². The van der Waals surface area contributed by atoms with Crippen LogP contribution in [0.1, 0.15) is 18.5 Å². The van der Waals surface area contributed by atoms with Gasteiger partial charge in [-0.2, -0.15) is 0 Å². The van der Waals surface area contributed by atoms with Gasteiger partial charge in [-0.05, 0) is 30.3 Å². The lowest BCUT2D eigenvalue weighted by atomic mass is 10.1. The fourth-order valence-electron chi connectivity index (χ4n) is 2.18. The number of halogens is 1. The predicted octanol–water partition coefficient (Wildman–Crippen LogP) is 3.46. The first-order valence-electron chi connectivity index (χ1n) is 6.79. The van der Waals surface area contributed by atoms with Gasteiger partial charge in [0.2, 0.25) is 0 Å². The highest BCUT2D eigenvalue weighted by molar-refractivity contribution is 7.91. The van der Waals surface area contributed by atoms with Gasteiger partial charge in [-0.15, -0.1) is 0 Å². The zero-order chi connectivity index (χ0) is 15.3. The van der Waals surface area contributed by atoms with Crippen molar-refractivity contribution in [1.82, 2.24) is 5.32 Å². The van der Waals surface area contributed by atoms with Crippen molar-refractivity contribution in [2.24, 2.45) is 0 Å². The summed E-state index contributed by atoms with van der Waals surface area (Å²) in [5.41, 5.74) is 0.963. The van der Waals surface area contributed by atoms with Gasteiger partial charge in [0, 0.05) is 11.1 Å². The second-order valence-corrected chi connectivity index (χ2v) is 7.23. The van der Waals surface area contributed by atoms with Crippen molar-refractivity contribution in [3.63, 3.8) is 0 Å². The fourth-order valence-corrected chi connectivity index (χ4v) is 3.97. The number of nitrogens with one attached hydrogen (secondary N) is 1. The third-order valence-electron chi connectivity index (χ3n) is 3.19. The van der Waals surface area contributed by atoms with Crippen molar-refractivity contribution in [1.29, 1.82) is 0 Å². The number of sulfone groups is 1. The summed E-state index contributed by atoms with van der Waals surface area (Å²) >= 11 is 5.89. The fraction of sp³-hybridized carbons (Fsp3) is 0.250. The summed E-state index contributed by atoms with van der Waals surface area (Å²) in [4.78, 5) is 0.258. The maximum Gasteiger partial charge on any atom is 0.180 e. The van der Waals surface area contributed by atoms with E-state index in [4.69, 9.17) is 11.6 Å². The second kappa shape index (κ2) is 7.07. The van der Waals surface area contributed by atoms with Crippen LogP contribution in [0.4, 0.5) is 0 Å². The van der Waals surface area contributed by atoms with Crippen molar-refractivity contribution in [3.05, 3.63) is 65.2 Å². The van der Waals surface area contributed by atoms with Crippen molar-refractivity contribution in [3.8, 4) is 0 Å². The minimum Gasteiger partial charge on any atom is -0.309 e. The maximum atomic E-state index is 12.5. The Bertz CT molecular complexity index is 686. The van der Waals surface area contributed by atoms with Gasteiger partial charge in [0.15, 0.2) is 9.84 Å². The molecule has 112 valence electrons. The average molecular weight is 324 g/mol. The molecule has 3 nitrogen and oxygen atoms in total. The van der Waals surface area contributed by atoms with Crippen LogP contribution in [0.2, 0.25) is 5.02 Å². The molecule has 5 heteroatoms. The van der Waals surface area contributed by atoms with E-state index in [1.807, 2.05) is 37.3 Å². The molecule has 0 fully saturated rings. The van der Waals surface area contributed by atoms with Gasteiger partial charge >= 0.3 is 0 Å². The SMILES string of the molecule is CCNC(CS(=O)(=O)c1cccc(Cl)c1)c1ccccc1. The van der Waals surface area contributed by atoms with Gasteiger partial charge in [0.05, 0.1) is 10.6 Å². The van der Waals surface area contributed by atoms with Crippen LogP contribution in [0, 0.1) is 0 Å². The van der Waals surface area contributed by atoms with Crippen LogP contribution in [0.5, 0.6) is 0 Å². The van der Waals surface area contributed by atoms with Gasteiger partial charge in [-0.1, -0.05) is 54.9 Å². The molecule has 0 radical (unpaired) electrons. The summed E-state index contributed by atoms with van der Waals surface area (Å²) in [7, 11) is -3.40. The number of hydrogen-bond donors (Lipinski definition) is 1. The molecule has 0 aliphatic carbocycles. The molecule has 0 aromatic heterocycles. The summed E-state index contributed by atoms with van der Waals surface area (Å²) in [5, 5.41) is 3.65. The van der Waals surface area contributed by atoms with E-state index in [1.165, 1.54) is 6.07 Å². The molecule has 0 amide bonds. The molecule has 0 bridgehead atoms. The summed E-state index contributed by atoms with van der Waals surface area (Å²) in [6.45, 7) is 2.66. The van der Waals surface area contributed by atoms with E-state index in [9.17, 15) is 8.42 Å². The van der Waals surface area contributed by atoms with E-state index in [0.717, 1.165) is 5.56 Å². The lowest BCUT2D eigenvalue weighted by Gasteiger charge is -2.18. The molecule has 2 rings (SSSR count). The molecule has 0 saturated carbocycles. The van der Waals surface area contributed by atoms with E-state index < -0.39 is 9.84 Å². The van der Waals surface area contributed by atoms with E-state index >= 15 is 0 Å². The van der Waals surface area contributed by atoms with Crippen LogP contribution in [-0.4, -0.2) is 20.7 Å². The predicted molar refractivity (Wildman–Crippen MR) is 86.4 cm³/mol. The Kier molecular flexibility index (Phi) is 5.39. The Morgan fingerprint density at radius 1 is 1.10 bits per heavy atom. The highest BCUT2D eigenvalue weighted by atomic mass is 35.5. The molecule has 21 heavy (non-hydrogen) atoms. The van der Waals surface area contributed by atoms with Crippen LogP contribution in [0.15, 0.2) is 59.5 Å². The Labute approximate surface area is 130 Å². The van der Waals surface area contributed by atoms with Crippen molar-refractivity contribution >= 4 is 21.4 Å². The molecular formula is C16H18ClNO2S. The molecule has 2 aromatic rings. The maximum absolute atomic E-state index is 12.5. The molecule has 0 aliphatic heterocycles. The number of benzene rings is 2. The van der Waals surface area contributed by atoms with Gasteiger partial charge in [-0.3, -0.25) is 0 Å². The zero-order valence-electron chi connectivity index (χ0n) is 11.8. The molecule has 0 aliphatic rings. The van der Waals surface area contributed by atoms with E-state index in [2.05, 4.69) is 5.32 Å². The van der Waals surface area contributed by atoms with E-state index in [1.54, 1.807) is 18.2 Å². The number of rotatable bonds is 6. The van der Waals surface area contributed by atoms with Crippen molar-refractivity contribution < 1.29 is 8.42 Å². The molecule has 0 heterocycles. The first kappa shape index (κ1) is 16.0. The largest absolute Gasteiger partial charge is 0.309 e. The first-order chi connectivity index (χ1) is 10.0. The van der Waals surface area contributed by atoms with Crippen LogP contribution >= 0.6 is 11.6 Å². The lowest BCUT2D eigenvalue weighted by Crippen LogP contribution is -2.28.